The van der Waals surface area contributed by atoms with Crippen molar-refractivity contribution in [2.75, 3.05) is 19.8 Å². The normalized spacial score (nSPS) is 35.6. The molecule has 2 nitrogen and oxygen atoms in total. The number of likely N-dealkylation sites (tertiary alicyclic amines) is 1. The van der Waals surface area contributed by atoms with Crippen molar-refractivity contribution in [1.82, 2.24) is 4.90 Å². The molecule has 15 heavy (non-hydrogen) atoms. The first-order chi connectivity index (χ1) is 7.23. The fourth-order valence-corrected chi connectivity index (χ4v) is 3.06. The van der Waals surface area contributed by atoms with Gasteiger partial charge in [-0.2, -0.15) is 0 Å². The van der Waals surface area contributed by atoms with Gasteiger partial charge in [-0.3, -0.25) is 4.90 Å². The molecule has 0 spiro atoms. The maximum absolute atomic E-state index is 12.9. The lowest BCUT2D eigenvalue weighted by Gasteiger charge is -2.43. The molecule has 1 aliphatic heterocycles. The van der Waals surface area contributed by atoms with E-state index in [0.29, 0.717) is 6.04 Å². The summed E-state index contributed by atoms with van der Waals surface area (Å²) in [5, 5.41) is 0. The van der Waals surface area contributed by atoms with E-state index < -0.39 is 5.54 Å². The zero-order chi connectivity index (χ0) is 10.7. The molecule has 2 fully saturated rings. The number of hydrogen-bond acceptors (Lipinski definition) is 2. The first-order valence-electron chi connectivity index (χ1n) is 6.32. The number of hydrogen-bond donors (Lipinski definition) is 1. The molecule has 0 aromatic rings. The fourth-order valence-electron chi connectivity index (χ4n) is 3.06. The summed E-state index contributed by atoms with van der Waals surface area (Å²) in [6.07, 6.45) is 8.57. The summed E-state index contributed by atoms with van der Waals surface area (Å²) < 4.78 is 12.9. The van der Waals surface area contributed by atoms with Gasteiger partial charge in [-0.25, -0.2) is 4.39 Å². The van der Waals surface area contributed by atoms with E-state index in [9.17, 15) is 4.39 Å². The summed E-state index contributed by atoms with van der Waals surface area (Å²) in [7, 11) is 0. The quantitative estimate of drug-likeness (QED) is 0.762. The molecule has 0 amide bonds. The molecule has 0 bridgehead atoms. The standard InChI is InChI=1S/C12H23FN2/c13-9-12(14)7-4-8-15(10-12)11-5-2-1-3-6-11/h11H,1-10,14H2. The van der Waals surface area contributed by atoms with Crippen LogP contribution in [0.3, 0.4) is 0 Å². The number of rotatable bonds is 2. The molecule has 0 aromatic heterocycles. The van der Waals surface area contributed by atoms with E-state index in [2.05, 4.69) is 4.90 Å². The van der Waals surface area contributed by atoms with Gasteiger partial charge < -0.3 is 5.73 Å². The minimum Gasteiger partial charge on any atom is -0.322 e. The van der Waals surface area contributed by atoms with Crippen LogP contribution in [0.2, 0.25) is 0 Å². The molecule has 1 unspecified atom stereocenters. The van der Waals surface area contributed by atoms with Gasteiger partial charge in [-0.15, -0.1) is 0 Å². The molecular formula is C12H23FN2. The van der Waals surface area contributed by atoms with Crippen LogP contribution in [0.1, 0.15) is 44.9 Å². The fraction of sp³-hybridized carbons (Fsp3) is 1.00. The summed E-state index contributed by atoms with van der Waals surface area (Å²) in [5.41, 5.74) is 5.49. The van der Waals surface area contributed by atoms with Gasteiger partial charge in [0, 0.05) is 12.6 Å². The Kier molecular flexibility index (Phi) is 3.62. The summed E-state index contributed by atoms with van der Waals surface area (Å²) in [4.78, 5) is 2.45. The third kappa shape index (κ3) is 2.70. The van der Waals surface area contributed by atoms with Crippen LogP contribution in [0.5, 0.6) is 0 Å². The lowest BCUT2D eigenvalue weighted by Crippen LogP contribution is -2.58. The maximum Gasteiger partial charge on any atom is 0.109 e. The van der Waals surface area contributed by atoms with E-state index in [0.717, 1.165) is 25.9 Å². The molecule has 0 radical (unpaired) electrons. The molecule has 2 N–H and O–H groups in total. The molecule has 1 atom stereocenters. The predicted octanol–water partition coefficient (Wildman–Crippen LogP) is 2.08. The number of halogens is 1. The first kappa shape index (κ1) is 11.3. The van der Waals surface area contributed by atoms with Crippen molar-refractivity contribution in [3.63, 3.8) is 0 Å². The highest BCUT2D eigenvalue weighted by atomic mass is 19.1. The van der Waals surface area contributed by atoms with E-state index in [-0.39, 0.29) is 6.67 Å². The summed E-state index contributed by atoms with van der Waals surface area (Å²) in [6.45, 7) is 1.54. The van der Waals surface area contributed by atoms with Crippen molar-refractivity contribution in [3.05, 3.63) is 0 Å². The smallest absolute Gasteiger partial charge is 0.109 e. The Morgan fingerprint density at radius 2 is 1.93 bits per heavy atom. The Morgan fingerprint density at radius 3 is 2.60 bits per heavy atom. The largest absolute Gasteiger partial charge is 0.322 e. The van der Waals surface area contributed by atoms with Gasteiger partial charge in [-0.1, -0.05) is 19.3 Å². The van der Waals surface area contributed by atoms with Gasteiger partial charge >= 0.3 is 0 Å². The Morgan fingerprint density at radius 1 is 1.20 bits per heavy atom. The molecule has 1 heterocycles. The van der Waals surface area contributed by atoms with E-state index in [1.807, 2.05) is 0 Å². The van der Waals surface area contributed by atoms with Gasteiger partial charge in [0.05, 0.1) is 5.54 Å². The van der Waals surface area contributed by atoms with Gasteiger partial charge in [0.25, 0.3) is 0 Å². The minimum absolute atomic E-state index is 0.365. The summed E-state index contributed by atoms with van der Waals surface area (Å²) >= 11 is 0. The molecule has 1 saturated heterocycles. The third-order valence-corrected chi connectivity index (χ3v) is 4.00. The first-order valence-corrected chi connectivity index (χ1v) is 6.32. The van der Waals surface area contributed by atoms with Crippen molar-refractivity contribution in [1.29, 1.82) is 0 Å². The van der Waals surface area contributed by atoms with Crippen LogP contribution < -0.4 is 5.73 Å². The number of nitrogens with zero attached hydrogens (tertiary/aromatic N) is 1. The Balaban J connectivity index is 1.91. The van der Waals surface area contributed by atoms with Crippen LogP contribution in [0.15, 0.2) is 0 Å². The van der Waals surface area contributed by atoms with E-state index >= 15 is 0 Å². The van der Waals surface area contributed by atoms with Crippen LogP contribution >= 0.6 is 0 Å². The van der Waals surface area contributed by atoms with Crippen LogP contribution in [0.4, 0.5) is 4.39 Å². The maximum atomic E-state index is 12.9. The lowest BCUT2D eigenvalue weighted by atomic mass is 9.87. The zero-order valence-electron chi connectivity index (χ0n) is 9.55. The van der Waals surface area contributed by atoms with Crippen molar-refractivity contribution >= 4 is 0 Å². The van der Waals surface area contributed by atoms with E-state index in [4.69, 9.17) is 5.73 Å². The van der Waals surface area contributed by atoms with Gasteiger partial charge in [0.15, 0.2) is 0 Å². The highest BCUT2D eigenvalue weighted by Crippen LogP contribution is 2.28. The van der Waals surface area contributed by atoms with Gasteiger partial charge in [-0.05, 0) is 32.2 Å². The number of alkyl halides is 1. The second-order valence-electron chi connectivity index (χ2n) is 5.36. The topological polar surface area (TPSA) is 29.3 Å². The number of piperidine rings is 1. The molecule has 88 valence electrons. The predicted molar refractivity (Wildman–Crippen MR) is 60.6 cm³/mol. The van der Waals surface area contributed by atoms with Crippen LogP contribution in [0, 0.1) is 0 Å². The van der Waals surface area contributed by atoms with Crippen molar-refractivity contribution in [2.45, 2.75) is 56.5 Å². The molecule has 2 rings (SSSR count). The molecule has 3 heteroatoms. The Hall–Kier alpha value is -0.150. The zero-order valence-corrected chi connectivity index (χ0v) is 9.55. The minimum atomic E-state index is -0.546. The van der Waals surface area contributed by atoms with Crippen LogP contribution in [-0.4, -0.2) is 36.2 Å². The van der Waals surface area contributed by atoms with Gasteiger partial charge in [0.1, 0.15) is 6.67 Å². The average molecular weight is 214 g/mol. The van der Waals surface area contributed by atoms with Crippen LogP contribution in [-0.2, 0) is 0 Å². The second kappa shape index (κ2) is 4.79. The highest BCUT2D eigenvalue weighted by molar-refractivity contribution is 4.93. The monoisotopic (exact) mass is 214 g/mol. The molecule has 0 aromatic carbocycles. The van der Waals surface area contributed by atoms with Crippen molar-refractivity contribution in [3.8, 4) is 0 Å². The van der Waals surface area contributed by atoms with E-state index in [1.54, 1.807) is 0 Å². The Bertz CT molecular complexity index is 204. The average Bonchev–Trinajstić information content (AvgIpc) is 2.30. The lowest BCUT2D eigenvalue weighted by molar-refractivity contribution is 0.0722. The van der Waals surface area contributed by atoms with E-state index in [1.165, 1.54) is 32.1 Å². The number of nitrogens with two attached hydrogens (primary N) is 1. The molecule has 1 saturated carbocycles. The molecule has 1 aliphatic carbocycles. The van der Waals surface area contributed by atoms with Crippen molar-refractivity contribution < 1.29 is 4.39 Å². The van der Waals surface area contributed by atoms with Gasteiger partial charge in [0.2, 0.25) is 0 Å². The molecular weight excluding hydrogens is 191 g/mol. The Labute approximate surface area is 92.0 Å². The molecule has 2 aliphatic rings. The SMILES string of the molecule is NC1(CF)CCCN(C2CCCCC2)C1. The van der Waals surface area contributed by atoms with Crippen LogP contribution in [0.25, 0.3) is 0 Å². The third-order valence-electron chi connectivity index (χ3n) is 4.00. The summed E-state index contributed by atoms with van der Waals surface area (Å²) in [6, 6.07) is 0.688. The highest BCUT2D eigenvalue weighted by Gasteiger charge is 2.34. The summed E-state index contributed by atoms with van der Waals surface area (Å²) in [5.74, 6) is 0. The second-order valence-corrected chi connectivity index (χ2v) is 5.36. The van der Waals surface area contributed by atoms with Crippen molar-refractivity contribution in [2.24, 2.45) is 5.73 Å².